The van der Waals surface area contributed by atoms with Crippen LogP contribution in [0.4, 0.5) is 0 Å². The summed E-state index contributed by atoms with van der Waals surface area (Å²) in [5.74, 6) is 1.46. The van der Waals surface area contributed by atoms with Gasteiger partial charge in [0.1, 0.15) is 11.7 Å². The van der Waals surface area contributed by atoms with Crippen molar-refractivity contribution in [1.82, 2.24) is 15.1 Å². The number of amidine groups is 1. The van der Waals surface area contributed by atoms with E-state index < -0.39 is 0 Å². The van der Waals surface area contributed by atoms with Gasteiger partial charge in [0.2, 0.25) is 0 Å². The van der Waals surface area contributed by atoms with Crippen LogP contribution in [0.2, 0.25) is 0 Å². The first-order chi connectivity index (χ1) is 10.1. The van der Waals surface area contributed by atoms with Gasteiger partial charge in [0.25, 0.3) is 0 Å². The summed E-state index contributed by atoms with van der Waals surface area (Å²) in [4.78, 5) is 4.75. The minimum absolute atomic E-state index is 0.388. The molecular weight excluding hydrogens is 262 g/mol. The highest BCUT2D eigenvalue weighted by Crippen LogP contribution is 2.20. The van der Waals surface area contributed by atoms with Crippen LogP contribution in [0.1, 0.15) is 43.5 Å². The molecule has 0 unspecified atom stereocenters. The molecule has 0 radical (unpaired) electrons. The number of aliphatic imine (C=N–C) groups is 1. The Labute approximate surface area is 126 Å². The summed E-state index contributed by atoms with van der Waals surface area (Å²) in [5.41, 5.74) is 7.73. The van der Waals surface area contributed by atoms with Crippen LogP contribution in [-0.4, -0.2) is 21.7 Å². The van der Waals surface area contributed by atoms with Gasteiger partial charge in [-0.1, -0.05) is 25.8 Å². The van der Waals surface area contributed by atoms with Crippen molar-refractivity contribution < 1.29 is 0 Å². The number of hydrogen-bond donors (Lipinski definition) is 2. The monoisotopic (exact) mass is 287 g/mol. The lowest BCUT2D eigenvalue weighted by atomic mass is 9.96. The molecule has 0 aliphatic heterocycles. The van der Waals surface area contributed by atoms with Crippen molar-refractivity contribution in [3.8, 4) is 0 Å². The number of nitrogens with one attached hydrogen (secondary N) is 1. The predicted octanol–water partition coefficient (Wildman–Crippen LogP) is 2.72. The Morgan fingerprint density at radius 1 is 1.43 bits per heavy atom. The Morgan fingerprint density at radius 3 is 2.67 bits per heavy atom. The van der Waals surface area contributed by atoms with E-state index in [9.17, 15) is 0 Å². The van der Waals surface area contributed by atoms with Gasteiger partial charge in [-0.3, -0.25) is 4.99 Å². The van der Waals surface area contributed by atoms with Crippen LogP contribution < -0.4 is 11.1 Å². The lowest BCUT2D eigenvalue weighted by Crippen LogP contribution is -2.27. The van der Waals surface area contributed by atoms with E-state index >= 15 is 0 Å². The lowest BCUT2D eigenvalue weighted by molar-refractivity contribution is 0.443. The molecule has 114 valence electrons. The zero-order valence-corrected chi connectivity index (χ0v) is 13.0. The lowest BCUT2D eigenvalue weighted by Gasteiger charge is -2.19. The number of nitrogens with two attached hydrogens (primary N) is 1. The molecule has 3 N–H and O–H groups in total. The van der Waals surface area contributed by atoms with E-state index in [1.807, 2.05) is 19.9 Å². The fraction of sp³-hybridized carbons (Fsp3) is 0.500. The van der Waals surface area contributed by atoms with Crippen molar-refractivity contribution in [2.24, 2.45) is 10.7 Å². The van der Waals surface area contributed by atoms with E-state index in [1.165, 1.54) is 25.5 Å². The molecule has 0 spiro atoms. The second kappa shape index (κ2) is 7.11. The standard InChI is InChI=1S/C16H25N5/c1-4-15(18-14-8-6-5-7-9-14)19-16(11-17)21-13(3)10-12(2)20-21/h4,10-11,14H,1,5-9,17H2,2-3H3,(H,18,19)/b16-11+. The van der Waals surface area contributed by atoms with Crippen molar-refractivity contribution in [1.29, 1.82) is 0 Å². The summed E-state index contributed by atoms with van der Waals surface area (Å²) in [6.45, 7) is 7.80. The third-order valence-electron chi connectivity index (χ3n) is 3.74. The van der Waals surface area contributed by atoms with Gasteiger partial charge in [0, 0.05) is 11.9 Å². The Bertz CT molecular complexity index is 547. The number of aryl methyl sites for hydroxylation is 2. The first-order valence-electron chi connectivity index (χ1n) is 7.57. The Kier molecular flexibility index (Phi) is 5.20. The normalized spacial score (nSPS) is 17.8. The van der Waals surface area contributed by atoms with Gasteiger partial charge >= 0.3 is 0 Å². The van der Waals surface area contributed by atoms with Crippen molar-refractivity contribution >= 4 is 11.7 Å². The van der Waals surface area contributed by atoms with Crippen LogP contribution in [0.5, 0.6) is 0 Å². The summed E-state index contributed by atoms with van der Waals surface area (Å²) < 4.78 is 1.79. The fourth-order valence-corrected chi connectivity index (χ4v) is 2.71. The van der Waals surface area contributed by atoms with Crippen molar-refractivity contribution in [3.05, 3.63) is 36.3 Å². The first-order valence-corrected chi connectivity index (χ1v) is 7.57. The van der Waals surface area contributed by atoms with Gasteiger partial charge in [-0.25, -0.2) is 4.68 Å². The van der Waals surface area contributed by atoms with Gasteiger partial charge in [-0.2, -0.15) is 5.10 Å². The molecule has 5 heteroatoms. The van der Waals surface area contributed by atoms with Gasteiger partial charge in [0.15, 0.2) is 0 Å². The van der Waals surface area contributed by atoms with Crippen molar-refractivity contribution in [2.45, 2.75) is 52.0 Å². The second-order valence-electron chi connectivity index (χ2n) is 5.53. The largest absolute Gasteiger partial charge is 0.402 e. The van der Waals surface area contributed by atoms with Crippen LogP contribution in [0.15, 0.2) is 29.9 Å². The summed E-state index contributed by atoms with van der Waals surface area (Å²) in [7, 11) is 0. The van der Waals surface area contributed by atoms with Crippen LogP contribution in [0.25, 0.3) is 5.82 Å². The molecule has 21 heavy (non-hydrogen) atoms. The minimum Gasteiger partial charge on any atom is -0.402 e. The van der Waals surface area contributed by atoms with Crippen LogP contribution >= 0.6 is 0 Å². The highest BCUT2D eigenvalue weighted by atomic mass is 15.4. The van der Waals surface area contributed by atoms with E-state index in [1.54, 1.807) is 10.8 Å². The molecule has 1 fully saturated rings. The van der Waals surface area contributed by atoms with Gasteiger partial charge in [0.05, 0.1) is 11.7 Å². The van der Waals surface area contributed by atoms with Crippen molar-refractivity contribution in [3.63, 3.8) is 0 Å². The molecule has 1 aliphatic carbocycles. The molecule has 1 heterocycles. The molecule has 0 atom stereocenters. The van der Waals surface area contributed by atoms with E-state index in [0.717, 1.165) is 30.1 Å². The van der Waals surface area contributed by atoms with Gasteiger partial charge in [-0.05, 0) is 38.8 Å². The predicted molar refractivity (Wildman–Crippen MR) is 87.8 cm³/mol. The maximum absolute atomic E-state index is 5.74. The second-order valence-corrected chi connectivity index (χ2v) is 5.53. The molecule has 0 bridgehead atoms. The molecule has 0 saturated heterocycles. The molecule has 5 nitrogen and oxygen atoms in total. The third-order valence-corrected chi connectivity index (χ3v) is 3.74. The number of aromatic nitrogens is 2. The minimum atomic E-state index is 0.388. The van der Waals surface area contributed by atoms with E-state index in [2.05, 4.69) is 17.0 Å². The summed E-state index contributed by atoms with van der Waals surface area (Å²) >= 11 is 0. The Morgan fingerprint density at radius 2 is 2.14 bits per heavy atom. The van der Waals surface area contributed by atoms with Gasteiger partial charge in [-0.15, -0.1) is 0 Å². The Balaban J connectivity index is 2.14. The summed E-state index contributed by atoms with van der Waals surface area (Å²) in [6, 6.07) is 2.40. The maximum atomic E-state index is 5.74. The summed E-state index contributed by atoms with van der Waals surface area (Å²) in [5, 5.41) is 7.67. The summed E-state index contributed by atoms with van der Waals surface area (Å²) in [6.07, 6.45) is 9.40. The molecule has 1 aromatic heterocycles. The average Bonchev–Trinajstić information content (AvgIpc) is 2.83. The smallest absolute Gasteiger partial charge is 0.148 e. The van der Waals surface area contributed by atoms with E-state index in [-0.39, 0.29) is 0 Å². The molecular formula is C16H25N5. The number of nitrogens with zero attached hydrogens (tertiary/aromatic N) is 3. The molecule has 1 saturated carbocycles. The molecule has 0 aromatic carbocycles. The molecule has 1 aliphatic rings. The number of hydrogen-bond acceptors (Lipinski definition) is 3. The highest BCUT2D eigenvalue weighted by Gasteiger charge is 2.13. The maximum Gasteiger partial charge on any atom is 0.148 e. The molecule has 0 amide bonds. The zero-order chi connectivity index (χ0) is 15.2. The SMILES string of the molecule is C=CC(=NC1CCCCC1)N/C(=C\N)n1nc(C)cc1C. The van der Waals surface area contributed by atoms with Crippen LogP contribution in [0, 0.1) is 13.8 Å². The van der Waals surface area contributed by atoms with Gasteiger partial charge < -0.3 is 11.1 Å². The quantitative estimate of drug-likeness (QED) is 0.661. The molecule has 2 rings (SSSR count). The average molecular weight is 287 g/mol. The van der Waals surface area contributed by atoms with Crippen LogP contribution in [0.3, 0.4) is 0 Å². The molecule has 1 aromatic rings. The van der Waals surface area contributed by atoms with E-state index in [4.69, 9.17) is 10.7 Å². The van der Waals surface area contributed by atoms with Crippen molar-refractivity contribution in [2.75, 3.05) is 0 Å². The first kappa shape index (κ1) is 15.4. The third kappa shape index (κ3) is 3.97. The Hall–Kier alpha value is -2.04. The zero-order valence-electron chi connectivity index (χ0n) is 13.0. The van der Waals surface area contributed by atoms with Crippen LogP contribution in [-0.2, 0) is 0 Å². The number of rotatable bonds is 4. The fourth-order valence-electron chi connectivity index (χ4n) is 2.71. The highest BCUT2D eigenvalue weighted by molar-refractivity contribution is 5.96. The topological polar surface area (TPSA) is 68.2 Å². The van der Waals surface area contributed by atoms with E-state index in [0.29, 0.717) is 11.9 Å².